The molecular formula is C6H5N5OS. The summed E-state index contributed by atoms with van der Waals surface area (Å²) >= 11 is 1.41. The Balaban J connectivity index is 2.59. The van der Waals surface area contributed by atoms with Crippen LogP contribution in [0.2, 0.25) is 0 Å². The van der Waals surface area contributed by atoms with Gasteiger partial charge in [-0.25, -0.2) is 9.78 Å². The smallest absolute Gasteiger partial charge is 0.349 e. The Morgan fingerprint density at radius 2 is 2.31 bits per heavy atom. The Morgan fingerprint density at radius 3 is 2.92 bits per heavy atom. The molecular weight excluding hydrogens is 190 g/mol. The molecule has 6 nitrogen and oxygen atoms in total. The number of anilines is 1. The van der Waals surface area contributed by atoms with Crippen LogP contribution in [0.15, 0.2) is 15.7 Å². The van der Waals surface area contributed by atoms with Gasteiger partial charge in [-0.2, -0.15) is 9.97 Å². The van der Waals surface area contributed by atoms with E-state index in [0.29, 0.717) is 11.5 Å². The van der Waals surface area contributed by atoms with E-state index in [0.717, 1.165) is 0 Å². The van der Waals surface area contributed by atoms with Gasteiger partial charge in [0, 0.05) is 5.38 Å². The van der Waals surface area contributed by atoms with Gasteiger partial charge in [0.1, 0.15) is 5.69 Å². The normalized spacial score (nSPS) is 10.2. The van der Waals surface area contributed by atoms with Gasteiger partial charge in [0.05, 0.1) is 5.51 Å². The zero-order valence-corrected chi connectivity index (χ0v) is 7.21. The van der Waals surface area contributed by atoms with Crippen LogP contribution in [0.3, 0.4) is 0 Å². The molecule has 2 rings (SSSR count). The van der Waals surface area contributed by atoms with Gasteiger partial charge in [-0.3, -0.25) is 4.98 Å². The predicted octanol–water partition coefficient (Wildman–Crippen LogP) is -0.129. The van der Waals surface area contributed by atoms with Gasteiger partial charge in [0.15, 0.2) is 5.82 Å². The molecule has 0 aromatic carbocycles. The highest BCUT2D eigenvalue weighted by atomic mass is 32.1. The maximum atomic E-state index is 10.9. The fourth-order valence-electron chi connectivity index (χ4n) is 0.852. The number of nitrogen functional groups attached to an aromatic ring is 1. The SMILES string of the molecule is Nc1nc(-c2cscn2)[nH]c(=O)n1. The van der Waals surface area contributed by atoms with E-state index < -0.39 is 5.69 Å². The van der Waals surface area contributed by atoms with Crippen LogP contribution in [0, 0.1) is 0 Å². The summed E-state index contributed by atoms with van der Waals surface area (Å²) in [5.41, 5.74) is 7.02. The first-order valence-electron chi connectivity index (χ1n) is 3.38. The van der Waals surface area contributed by atoms with Crippen molar-refractivity contribution in [3.05, 3.63) is 21.4 Å². The van der Waals surface area contributed by atoms with Gasteiger partial charge in [-0.15, -0.1) is 11.3 Å². The molecule has 0 amide bonds. The highest BCUT2D eigenvalue weighted by Crippen LogP contribution is 2.12. The highest BCUT2D eigenvalue weighted by molar-refractivity contribution is 7.07. The summed E-state index contributed by atoms with van der Waals surface area (Å²) in [6.45, 7) is 0. The first-order chi connectivity index (χ1) is 6.25. The molecule has 2 aromatic rings. The van der Waals surface area contributed by atoms with Crippen LogP contribution >= 0.6 is 11.3 Å². The second kappa shape index (κ2) is 2.94. The third-order valence-corrected chi connectivity index (χ3v) is 1.93. The van der Waals surface area contributed by atoms with Crippen LogP contribution < -0.4 is 11.4 Å². The number of thiazole rings is 1. The Hall–Kier alpha value is -1.76. The Kier molecular flexibility index (Phi) is 1.78. The summed E-state index contributed by atoms with van der Waals surface area (Å²) in [6.07, 6.45) is 0. The Bertz CT molecular complexity index is 462. The van der Waals surface area contributed by atoms with Crippen molar-refractivity contribution in [2.24, 2.45) is 0 Å². The summed E-state index contributed by atoms with van der Waals surface area (Å²) in [5, 5.41) is 1.76. The highest BCUT2D eigenvalue weighted by Gasteiger charge is 2.03. The molecule has 0 aliphatic heterocycles. The van der Waals surface area contributed by atoms with E-state index in [9.17, 15) is 4.79 Å². The lowest BCUT2D eigenvalue weighted by molar-refractivity contribution is 1.00. The number of rotatable bonds is 1. The molecule has 0 aliphatic rings. The number of hydrogen-bond donors (Lipinski definition) is 2. The lowest BCUT2D eigenvalue weighted by atomic mass is 10.5. The summed E-state index contributed by atoms with van der Waals surface area (Å²) < 4.78 is 0. The monoisotopic (exact) mass is 195 g/mol. The average molecular weight is 195 g/mol. The molecule has 0 radical (unpaired) electrons. The minimum absolute atomic E-state index is 0.0493. The van der Waals surface area contributed by atoms with Crippen molar-refractivity contribution in [2.75, 3.05) is 5.73 Å². The molecule has 0 fully saturated rings. The van der Waals surface area contributed by atoms with Crippen LogP contribution in [-0.4, -0.2) is 19.9 Å². The molecule has 2 aromatic heterocycles. The van der Waals surface area contributed by atoms with Gasteiger partial charge in [0.25, 0.3) is 0 Å². The number of nitrogens with zero attached hydrogens (tertiary/aromatic N) is 3. The molecule has 13 heavy (non-hydrogen) atoms. The largest absolute Gasteiger partial charge is 0.368 e. The number of hydrogen-bond acceptors (Lipinski definition) is 6. The van der Waals surface area contributed by atoms with E-state index in [1.54, 1.807) is 10.9 Å². The van der Waals surface area contributed by atoms with E-state index >= 15 is 0 Å². The molecule has 0 saturated heterocycles. The van der Waals surface area contributed by atoms with E-state index in [-0.39, 0.29) is 5.95 Å². The van der Waals surface area contributed by atoms with Gasteiger partial charge in [0.2, 0.25) is 5.95 Å². The van der Waals surface area contributed by atoms with Gasteiger partial charge >= 0.3 is 5.69 Å². The van der Waals surface area contributed by atoms with E-state index in [1.807, 2.05) is 0 Å². The number of aromatic amines is 1. The molecule has 0 unspecified atom stereocenters. The molecule has 0 spiro atoms. The molecule has 66 valence electrons. The van der Waals surface area contributed by atoms with Crippen molar-refractivity contribution in [3.63, 3.8) is 0 Å². The van der Waals surface area contributed by atoms with Crippen LogP contribution in [-0.2, 0) is 0 Å². The molecule has 0 aliphatic carbocycles. The Labute approximate surface area is 76.5 Å². The van der Waals surface area contributed by atoms with Gasteiger partial charge in [-0.05, 0) is 0 Å². The summed E-state index contributed by atoms with van der Waals surface area (Å²) in [4.78, 5) is 24.5. The maximum Gasteiger partial charge on any atom is 0.349 e. The zero-order valence-electron chi connectivity index (χ0n) is 6.39. The minimum atomic E-state index is -0.518. The van der Waals surface area contributed by atoms with Crippen LogP contribution in [0.4, 0.5) is 5.95 Å². The maximum absolute atomic E-state index is 10.9. The lowest BCUT2D eigenvalue weighted by Crippen LogP contribution is -2.15. The second-order valence-electron chi connectivity index (χ2n) is 2.23. The quantitative estimate of drug-likeness (QED) is 0.660. The van der Waals surface area contributed by atoms with Crippen molar-refractivity contribution in [3.8, 4) is 11.5 Å². The summed E-state index contributed by atoms with van der Waals surface area (Å²) in [6, 6.07) is 0. The molecule has 2 heterocycles. The van der Waals surface area contributed by atoms with E-state index in [4.69, 9.17) is 5.73 Å². The molecule has 0 bridgehead atoms. The molecule has 3 N–H and O–H groups in total. The Morgan fingerprint density at radius 1 is 1.46 bits per heavy atom. The van der Waals surface area contributed by atoms with Crippen molar-refractivity contribution >= 4 is 17.3 Å². The molecule has 0 saturated carbocycles. The molecule has 7 heteroatoms. The number of nitrogens with one attached hydrogen (secondary N) is 1. The van der Waals surface area contributed by atoms with Crippen molar-refractivity contribution in [2.45, 2.75) is 0 Å². The number of H-pyrrole nitrogens is 1. The zero-order chi connectivity index (χ0) is 9.26. The third-order valence-electron chi connectivity index (χ3n) is 1.34. The lowest BCUT2D eigenvalue weighted by Gasteiger charge is -1.94. The van der Waals surface area contributed by atoms with Crippen molar-refractivity contribution in [1.82, 2.24) is 19.9 Å². The third kappa shape index (κ3) is 1.54. The average Bonchev–Trinajstić information content (AvgIpc) is 2.53. The standard InChI is InChI=1S/C6H5N5OS/c7-5-9-4(10-6(12)11-5)3-1-13-2-8-3/h1-2H,(H3,7,9,10,11,12). The fraction of sp³-hybridized carbons (Fsp3) is 0. The second-order valence-corrected chi connectivity index (χ2v) is 2.95. The fourth-order valence-corrected chi connectivity index (χ4v) is 1.39. The van der Waals surface area contributed by atoms with Gasteiger partial charge in [-0.1, -0.05) is 0 Å². The number of aromatic nitrogens is 4. The van der Waals surface area contributed by atoms with E-state index in [1.165, 1.54) is 11.3 Å². The summed E-state index contributed by atoms with van der Waals surface area (Å²) in [5.74, 6) is 0.297. The topological polar surface area (TPSA) is 97.5 Å². The van der Waals surface area contributed by atoms with E-state index in [2.05, 4.69) is 19.9 Å². The van der Waals surface area contributed by atoms with Crippen molar-refractivity contribution < 1.29 is 0 Å². The van der Waals surface area contributed by atoms with Crippen LogP contribution in [0.1, 0.15) is 0 Å². The summed E-state index contributed by atoms with van der Waals surface area (Å²) in [7, 11) is 0. The van der Waals surface area contributed by atoms with Gasteiger partial charge < -0.3 is 5.73 Å². The molecule has 0 atom stereocenters. The minimum Gasteiger partial charge on any atom is -0.368 e. The number of nitrogens with two attached hydrogens (primary N) is 1. The first-order valence-corrected chi connectivity index (χ1v) is 4.32. The van der Waals surface area contributed by atoms with Crippen LogP contribution in [0.25, 0.3) is 11.5 Å². The first kappa shape index (κ1) is 7.87. The van der Waals surface area contributed by atoms with Crippen LogP contribution in [0.5, 0.6) is 0 Å². The van der Waals surface area contributed by atoms with Crippen molar-refractivity contribution in [1.29, 1.82) is 0 Å². The predicted molar refractivity (Wildman–Crippen MR) is 48.2 cm³/mol.